The number of rotatable bonds is 17. The molecule has 1 aliphatic rings. The first kappa shape index (κ1) is 35.2. The van der Waals surface area contributed by atoms with Crippen LogP contribution >= 0.6 is 12.4 Å². The van der Waals surface area contributed by atoms with Crippen LogP contribution in [-0.4, -0.2) is 62.5 Å². The molecule has 9 heteroatoms. The van der Waals surface area contributed by atoms with Gasteiger partial charge in [-0.3, -0.25) is 9.59 Å². The Morgan fingerprint density at radius 3 is 2.36 bits per heavy atom. The maximum atomic E-state index is 13.0. The quantitative estimate of drug-likeness (QED) is 0.207. The van der Waals surface area contributed by atoms with E-state index < -0.39 is 17.6 Å². The number of carbonyl (C=O) groups excluding carboxylic acids is 2. The number of nitrogens with one attached hydrogen (secondary N) is 2. The molecule has 0 unspecified atom stereocenters. The fourth-order valence-electron chi connectivity index (χ4n) is 5.14. The van der Waals surface area contributed by atoms with Crippen LogP contribution in [0.3, 0.4) is 0 Å². The summed E-state index contributed by atoms with van der Waals surface area (Å²) in [7, 11) is 1.68. The van der Waals surface area contributed by atoms with Gasteiger partial charge in [0.2, 0.25) is 5.91 Å². The Kier molecular flexibility index (Phi) is 16.0. The van der Waals surface area contributed by atoms with E-state index in [0.29, 0.717) is 43.4 Å². The van der Waals surface area contributed by atoms with Crippen LogP contribution in [0.2, 0.25) is 0 Å². The van der Waals surface area contributed by atoms with Crippen LogP contribution in [0.1, 0.15) is 83.0 Å². The fraction of sp³-hybridized carbons (Fsp3) is 0.733. The van der Waals surface area contributed by atoms with Crippen molar-refractivity contribution in [3.63, 3.8) is 0 Å². The first-order chi connectivity index (χ1) is 18.1. The summed E-state index contributed by atoms with van der Waals surface area (Å²) in [5.74, 6) is 1.04. The van der Waals surface area contributed by atoms with Gasteiger partial charge >= 0.3 is 0 Å². The van der Waals surface area contributed by atoms with E-state index in [0.717, 1.165) is 25.7 Å². The zero-order valence-corrected chi connectivity index (χ0v) is 25.4. The number of aliphatic hydroxyl groups excluding tert-OH is 1. The predicted molar refractivity (Wildman–Crippen MR) is 158 cm³/mol. The summed E-state index contributed by atoms with van der Waals surface area (Å²) < 4.78 is 10.9. The number of unbranched alkanes of at least 4 members (excludes halogenated alkanes) is 1. The van der Waals surface area contributed by atoms with Gasteiger partial charge in [-0.1, -0.05) is 52.7 Å². The molecule has 1 aromatic rings. The number of carbonyl (C=O) groups is 2. The molecule has 0 radical (unpaired) electrons. The molecule has 0 aliphatic heterocycles. The molecule has 3 atom stereocenters. The topological polar surface area (TPSA) is 123 Å². The Labute approximate surface area is 241 Å². The molecule has 2 amide bonds. The predicted octanol–water partition coefficient (Wildman–Crippen LogP) is 4.33. The lowest BCUT2D eigenvalue weighted by atomic mass is 9.77. The molecule has 1 aromatic carbocycles. The minimum absolute atomic E-state index is 0. The lowest BCUT2D eigenvalue weighted by Crippen LogP contribution is -2.49. The average Bonchev–Trinajstić information content (AvgIpc) is 3.45. The van der Waals surface area contributed by atoms with E-state index in [-0.39, 0.29) is 42.6 Å². The summed E-state index contributed by atoms with van der Waals surface area (Å²) in [6.45, 7) is 9.91. The molecule has 0 bridgehead atoms. The second kappa shape index (κ2) is 17.7. The Balaban J connectivity index is 0.00000760. The molecular weight excluding hydrogens is 518 g/mol. The maximum absolute atomic E-state index is 13.0. The molecule has 8 nitrogen and oxygen atoms in total. The van der Waals surface area contributed by atoms with Crippen LogP contribution in [-0.2, 0) is 9.53 Å². The lowest BCUT2D eigenvalue weighted by molar-refractivity contribution is -0.132. The van der Waals surface area contributed by atoms with E-state index in [1.807, 2.05) is 26.0 Å². The molecule has 1 fully saturated rings. The van der Waals surface area contributed by atoms with E-state index >= 15 is 0 Å². The molecular formula is C30H52ClN3O5. The first-order valence-corrected chi connectivity index (χ1v) is 14.3. The summed E-state index contributed by atoms with van der Waals surface area (Å²) in [6, 6.07) is 6.72. The Morgan fingerprint density at radius 2 is 1.72 bits per heavy atom. The van der Waals surface area contributed by atoms with Crippen molar-refractivity contribution in [3.05, 3.63) is 29.8 Å². The highest BCUT2D eigenvalue weighted by molar-refractivity contribution is 5.96. The van der Waals surface area contributed by atoms with E-state index in [2.05, 4.69) is 24.5 Å². The van der Waals surface area contributed by atoms with Gasteiger partial charge in [-0.05, 0) is 62.0 Å². The summed E-state index contributed by atoms with van der Waals surface area (Å²) in [5.41, 5.74) is 6.41. The SMILES string of the molecule is COCCCCOc1ccccc1C(=O)NC[C@@H](C[C@H](N)[C@@H](O)CNC(=O)C(C)(C)C1CCCC1)C(C)C.Cl. The Morgan fingerprint density at radius 1 is 1.08 bits per heavy atom. The van der Waals surface area contributed by atoms with Crippen molar-refractivity contribution in [1.82, 2.24) is 10.6 Å². The van der Waals surface area contributed by atoms with Crippen molar-refractivity contribution in [2.75, 3.05) is 33.4 Å². The lowest BCUT2D eigenvalue weighted by Gasteiger charge is -2.31. The molecule has 39 heavy (non-hydrogen) atoms. The summed E-state index contributed by atoms with van der Waals surface area (Å²) in [5, 5.41) is 16.7. The van der Waals surface area contributed by atoms with Crippen LogP contribution in [0.25, 0.3) is 0 Å². The van der Waals surface area contributed by atoms with Crippen LogP contribution in [0.4, 0.5) is 0 Å². The van der Waals surface area contributed by atoms with Gasteiger partial charge in [0.15, 0.2) is 0 Å². The monoisotopic (exact) mass is 569 g/mol. The largest absolute Gasteiger partial charge is 0.493 e. The number of hydrogen-bond acceptors (Lipinski definition) is 6. The van der Waals surface area contributed by atoms with Crippen LogP contribution < -0.4 is 21.1 Å². The first-order valence-electron chi connectivity index (χ1n) is 14.3. The normalized spacial score (nSPS) is 16.3. The van der Waals surface area contributed by atoms with Crippen LogP contribution in [0.15, 0.2) is 24.3 Å². The number of ether oxygens (including phenoxy) is 2. The summed E-state index contributed by atoms with van der Waals surface area (Å²) >= 11 is 0. The van der Waals surface area contributed by atoms with Crippen molar-refractivity contribution < 1.29 is 24.2 Å². The smallest absolute Gasteiger partial charge is 0.255 e. The minimum atomic E-state index is -0.859. The van der Waals surface area contributed by atoms with Gasteiger partial charge in [0.1, 0.15) is 5.75 Å². The third-order valence-electron chi connectivity index (χ3n) is 8.10. The number of halogens is 1. The Bertz CT molecular complexity index is 861. The fourth-order valence-corrected chi connectivity index (χ4v) is 5.14. The number of hydrogen-bond donors (Lipinski definition) is 4. The number of methoxy groups -OCH3 is 1. The standard InChI is InChI=1S/C30H51N3O5.ClH/c1-21(2)22(18-25(31)26(34)20-33-29(36)30(3,4)23-12-6-7-13-23)19-32-28(35)24-14-8-9-15-27(24)38-17-11-10-16-37-5;/h8-9,14-15,21-23,25-26,34H,6-7,10-13,16-20,31H2,1-5H3,(H,32,35)(H,33,36);1H/t22-,25+,26+;/m1./s1. The molecule has 5 N–H and O–H groups in total. The average molecular weight is 570 g/mol. The van der Waals surface area contributed by atoms with E-state index in [4.69, 9.17) is 15.2 Å². The van der Waals surface area contributed by atoms with Gasteiger partial charge in [-0.15, -0.1) is 12.4 Å². The van der Waals surface area contributed by atoms with Gasteiger partial charge in [0, 0.05) is 38.3 Å². The van der Waals surface area contributed by atoms with Crippen molar-refractivity contribution in [1.29, 1.82) is 0 Å². The molecule has 224 valence electrons. The van der Waals surface area contributed by atoms with Gasteiger partial charge in [0.25, 0.3) is 5.91 Å². The number of para-hydroxylation sites is 1. The zero-order chi connectivity index (χ0) is 28.1. The number of amides is 2. The third kappa shape index (κ3) is 11.3. The number of nitrogens with two attached hydrogens (primary N) is 1. The highest BCUT2D eigenvalue weighted by Gasteiger charge is 2.38. The minimum Gasteiger partial charge on any atom is -0.493 e. The molecule has 1 aliphatic carbocycles. The van der Waals surface area contributed by atoms with E-state index in [1.165, 1.54) is 12.8 Å². The number of benzene rings is 1. The van der Waals surface area contributed by atoms with Gasteiger partial charge in [0.05, 0.1) is 18.3 Å². The van der Waals surface area contributed by atoms with E-state index in [9.17, 15) is 14.7 Å². The van der Waals surface area contributed by atoms with Gasteiger partial charge < -0.3 is 30.9 Å². The molecule has 0 heterocycles. The van der Waals surface area contributed by atoms with Crippen molar-refractivity contribution in [3.8, 4) is 5.75 Å². The molecule has 0 aromatic heterocycles. The molecule has 1 saturated carbocycles. The van der Waals surface area contributed by atoms with Crippen molar-refractivity contribution in [2.45, 2.75) is 84.8 Å². The highest BCUT2D eigenvalue weighted by atomic mass is 35.5. The van der Waals surface area contributed by atoms with E-state index in [1.54, 1.807) is 19.2 Å². The van der Waals surface area contributed by atoms with Crippen molar-refractivity contribution >= 4 is 24.2 Å². The maximum Gasteiger partial charge on any atom is 0.255 e. The third-order valence-corrected chi connectivity index (χ3v) is 8.10. The summed E-state index contributed by atoms with van der Waals surface area (Å²) in [6.07, 6.45) is 5.92. The summed E-state index contributed by atoms with van der Waals surface area (Å²) in [4.78, 5) is 25.8. The molecule has 0 saturated heterocycles. The Hall–Kier alpha value is -1.87. The second-order valence-corrected chi connectivity index (χ2v) is 11.6. The second-order valence-electron chi connectivity index (χ2n) is 11.6. The highest BCUT2D eigenvalue weighted by Crippen LogP contribution is 2.39. The van der Waals surface area contributed by atoms with Crippen LogP contribution in [0, 0.1) is 23.2 Å². The van der Waals surface area contributed by atoms with Crippen molar-refractivity contribution in [2.24, 2.45) is 28.9 Å². The van der Waals surface area contributed by atoms with Crippen LogP contribution in [0.5, 0.6) is 5.75 Å². The van der Waals surface area contributed by atoms with Gasteiger partial charge in [-0.25, -0.2) is 0 Å². The number of aliphatic hydroxyl groups is 1. The van der Waals surface area contributed by atoms with Gasteiger partial charge in [-0.2, -0.15) is 0 Å². The molecule has 2 rings (SSSR count). The zero-order valence-electron chi connectivity index (χ0n) is 24.5. The molecule has 0 spiro atoms.